The molecule has 2 amide bonds. The summed E-state index contributed by atoms with van der Waals surface area (Å²) >= 11 is 0. The van der Waals surface area contributed by atoms with Crippen LogP contribution in [0.4, 0.5) is 0 Å². The molecule has 0 saturated heterocycles. The van der Waals surface area contributed by atoms with Crippen LogP contribution in [0.3, 0.4) is 0 Å². The SMILES string of the molecule is Cc1cccc(CCC2(C(=O)N(C)[C@H](Cc3cnc[nH]3)C(=O)NO)CC2)c1. The van der Waals surface area contributed by atoms with Gasteiger partial charge in [0.1, 0.15) is 6.04 Å². The van der Waals surface area contributed by atoms with Crippen molar-refractivity contribution in [3.63, 3.8) is 0 Å². The fourth-order valence-corrected chi connectivity index (χ4v) is 3.57. The summed E-state index contributed by atoms with van der Waals surface area (Å²) in [6.07, 6.45) is 6.66. The van der Waals surface area contributed by atoms with Gasteiger partial charge < -0.3 is 9.88 Å². The molecule has 0 bridgehead atoms. The standard InChI is InChI=1S/C20H26N4O3/c1-14-4-3-5-15(10-14)6-7-20(8-9-20)19(26)24(2)17(18(25)23-27)11-16-12-21-13-22-16/h3-5,10,12-13,17,27H,6-9,11H2,1-2H3,(H,21,22)(H,23,25)/t17-/m1/s1. The highest BCUT2D eigenvalue weighted by atomic mass is 16.5. The summed E-state index contributed by atoms with van der Waals surface area (Å²) in [5.41, 5.74) is 4.44. The third-order valence-corrected chi connectivity index (χ3v) is 5.45. The topological polar surface area (TPSA) is 98.3 Å². The maximum absolute atomic E-state index is 13.1. The first-order valence-corrected chi connectivity index (χ1v) is 9.19. The predicted molar refractivity (Wildman–Crippen MR) is 99.9 cm³/mol. The molecule has 7 heteroatoms. The second-order valence-electron chi connectivity index (χ2n) is 7.46. The second-order valence-corrected chi connectivity index (χ2v) is 7.46. The van der Waals surface area contributed by atoms with Gasteiger partial charge in [0.15, 0.2) is 0 Å². The zero-order chi connectivity index (χ0) is 19.4. The predicted octanol–water partition coefficient (Wildman–Crippen LogP) is 2.01. The number of carbonyl (C=O) groups is 2. The van der Waals surface area contributed by atoms with Gasteiger partial charge in [-0.2, -0.15) is 0 Å². The number of nitrogens with one attached hydrogen (secondary N) is 2. The van der Waals surface area contributed by atoms with Gasteiger partial charge in [-0.05, 0) is 38.2 Å². The monoisotopic (exact) mass is 370 g/mol. The van der Waals surface area contributed by atoms with E-state index in [1.165, 1.54) is 22.4 Å². The average Bonchev–Trinajstić information content (AvgIpc) is 3.29. The molecule has 0 radical (unpaired) electrons. The van der Waals surface area contributed by atoms with Crippen LogP contribution in [0.5, 0.6) is 0 Å². The van der Waals surface area contributed by atoms with Crippen molar-refractivity contribution < 1.29 is 14.8 Å². The quantitative estimate of drug-likeness (QED) is 0.489. The molecule has 1 atom stereocenters. The molecule has 144 valence electrons. The third kappa shape index (κ3) is 4.36. The number of aromatic nitrogens is 2. The van der Waals surface area contributed by atoms with Crippen molar-refractivity contribution in [3.8, 4) is 0 Å². The van der Waals surface area contributed by atoms with Crippen LogP contribution >= 0.6 is 0 Å². The minimum absolute atomic E-state index is 0.0386. The zero-order valence-corrected chi connectivity index (χ0v) is 15.7. The highest BCUT2D eigenvalue weighted by molar-refractivity contribution is 5.91. The number of imidazole rings is 1. The van der Waals surface area contributed by atoms with Crippen LogP contribution < -0.4 is 5.48 Å². The number of benzene rings is 1. The van der Waals surface area contributed by atoms with E-state index >= 15 is 0 Å². The Kier molecular flexibility index (Phi) is 5.60. The smallest absolute Gasteiger partial charge is 0.266 e. The van der Waals surface area contributed by atoms with Crippen molar-refractivity contribution in [3.05, 3.63) is 53.6 Å². The van der Waals surface area contributed by atoms with E-state index in [1.54, 1.807) is 18.7 Å². The molecule has 7 nitrogen and oxygen atoms in total. The zero-order valence-electron chi connectivity index (χ0n) is 15.7. The molecule has 3 rings (SSSR count). The van der Waals surface area contributed by atoms with Crippen LogP contribution in [0, 0.1) is 12.3 Å². The Morgan fingerprint density at radius 3 is 2.78 bits per heavy atom. The maximum Gasteiger partial charge on any atom is 0.266 e. The fourth-order valence-electron chi connectivity index (χ4n) is 3.57. The van der Waals surface area contributed by atoms with Gasteiger partial charge in [0.25, 0.3) is 5.91 Å². The van der Waals surface area contributed by atoms with E-state index in [-0.39, 0.29) is 12.3 Å². The van der Waals surface area contributed by atoms with E-state index in [9.17, 15) is 9.59 Å². The lowest BCUT2D eigenvalue weighted by Gasteiger charge is -2.30. The molecule has 1 aliphatic carbocycles. The molecule has 2 aromatic rings. The first-order valence-electron chi connectivity index (χ1n) is 9.19. The number of carbonyl (C=O) groups excluding carboxylic acids is 2. The van der Waals surface area contributed by atoms with Crippen LogP contribution in [0.1, 0.15) is 36.1 Å². The first kappa shape index (κ1) is 19.1. The van der Waals surface area contributed by atoms with Crippen molar-refractivity contribution in [2.45, 2.75) is 45.1 Å². The molecule has 1 fully saturated rings. The molecule has 1 saturated carbocycles. The number of likely N-dealkylation sites (N-methyl/N-ethyl adjacent to an activating group) is 1. The Bertz CT molecular complexity index is 799. The summed E-state index contributed by atoms with van der Waals surface area (Å²) in [6.45, 7) is 2.06. The van der Waals surface area contributed by atoms with E-state index in [1.807, 2.05) is 6.07 Å². The van der Waals surface area contributed by atoms with E-state index in [2.05, 4.69) is 35.1 Å². The molecule has 27 heavy (non-hydrogen) atoms. The molecule has 1 aliphatic rings. The van der Waals surface area contributed by atoms with Crippen LogP contribution in [0.2, 0.25) is 0 Å². The van der Waals surface area contributed by atoms with Gasteiger partial charge in [0, 0.05) is 30.8 Å². The molecular formula is C20H26N4O3. The normalized spacial score (nSPS) is 15.8. The van der Waals surface area contributed by atoms with Crippen molar-refractivity contribution in [2.24, 2.45) is 5.41 Å². The lowest BCUT2D eigenvalue weighted by atomic mass is 9.94. The third-order valence-electron chi connectivity index (χ3n) is 5.45. The number of amides is 2. The number of nitrogens with zero attached hydrogens (tertiary/aromatic N) is 2. The summed E-state index contributed by atoms with van der Waals surface area (Å²) in [5.74, 6) is -0.641. The second kappa shape index (κ2) is 7.92. The van der Waals surface area contributed by atoms with E-state index < -0.39 is 17.4 Å². The minimum Gasteiger partial charge on any atom is -0.348 e. The summed E-state index contributed by atoms with van der Waals surface area (Å²) in [4.78, 5) is 33.6. The molecule has 3 N–H and O–H groups in total. The van der Waals surface area contributed by atoms with Gasteiger partial charge in [0.2, 0.25) is 5.91 Å². The van der Waals surface area contributed by atoms with Crippen molar-refractivity contribution in [1.29, 1.82) is 0 Å². The van der Waals surface area contributed by atoms with Gasteiger partial charge in [-0.25, -0.2) is 10.5 Å². The summed E-state index contributed by atoms with van der Waals surface area (Å²) < 4.78 is 0. The Labute approximate surface area is 158 Å². The van der Waals surface area contributed by atoms with Crippen LogP contribution in [-0.4, -0.2) is 45.0 Å². The fraction of sp³-hybridized carbons (Fsp3) is 0.450. The minimum atomic E-state index is -0.792. The summed E-state index contributed by atoms with van der Waals surface area (Å²) in [5, 5.41) is 9.10. The van der Waals surface area contributed by atoms with E-state index in [0.717, 1.165) is 31.4 Å². The highest BCUT2D eigenvalue weighted by Gasteiger charge is 2.51. The number of aryl methyl sites for hydroxylation is 2. The number of H-pyrrole nitrogens is 1. The lowest BCUT2D eigenvalue weighted by Crippen LogP contribution is -2.50. The Morgan fingerprint density at radius 1 is 1.41 bits per heavy atom. The molecular weight excluding hydrogens is 344 g/mol. The Morgan fingerprint density at radius 2 is 2.19 bits per heavy atom. The highest BCUT2D eigenvalue weighted by Crippen LogP contribution is 2.51. The van der Waals surface area contributed by atoms with E-state index in [4.69, 9.17) is 5.21 Å². The van der Waals surface area contributed by atoms with Crippen molar-refractivity contribution >= 4 is 11.8 Å². The molecule has 1 aromatic heterocycles. The summed E-state index contributed by atoms with van der Waals surface area (Å²) in [6, 6.07) is 7.52. The van der Waals surface area contributed by atoms with Gasteiger partial charge in [-0.1, -0.05) is 29.8 Å². The number of hydrogen-bond acceptors (Lipinski definition) is 4. The number of hydroxylamine groups is 1. The van der Waals surface area contributed by atoms with E-state index in [0.29, 0.717) is 0 Å². The molecule has 0 spiro atoms. The van der Waals surface area contributed by atoms with Gasteiger partial charge in [-0.15, -0.1) is 0 Å². The van der Waals surface area contributed by atoms with Gasteiger partial charge >= 0.3 is 0 Å². The Hall–Kier alpha value is -2.67. The number of aromatic amines is 1. The summed E-state index contributed by atoms with van der Waals surface area (Å²) in [7, 11) is 1.63. The van der Waals surface area contributed by atoms with Crippen LogP contribution in [0.15, 0.2) is 36.8 Å². The molecule has 1 heterocycles. The Balaban J connectivity index is 1.68. The lowest BCUT2D eigenvalue weighted by molar-refractivity contribution is -0.146. The van der Waals surface area contributed by atoms with Crippen LogP contribution in [0.25, 0.3) is 0 Å². The largest absolute Gasteiger partial charge is 0.348 e. The van der Waals surface area contributed by atoms with Crippen LogP contribution in [-0.2, 0) is 22.4 Å². The number of rotatable bonds is 8. The molecule has 1 aromatic carbocycles. The maximum atomic E-state index is 13.1. The van der Waals surface area contributed by atoms with Gasteiger partial charge in [0.05, 0.1) is 6.33 Å². The van der Waals surface area contributed by atoms with Gasteiger partial charge in [-0.3, -0.25) is 14.8 Å². The molecule has 0 unspecified atom stereocenters. The van der Waals surface area contributed by atoms with Crippen molar-refractivity contribution in [2.75, 3.05) is 7.05 Å². The van der Waals surface area contributed by atoms with Crippen molar-refractivity contribution in [1.82, 2.24) is 20.3 Å². The molecule has 0 aliphatic heterocycles. The average molecular weight is 370 g/mol. The number of hydrogen-bond donors (Lipinski definition) is 3. The first-order chi connectivity index (χ1) is 12.9.